The second kappa shape index (κ2) is 7.82. The topological polar surface area (TPSA) is 85.1 Å². The third-order valence-electron chi connectivity index (χ3n) is 4.46. The molecule has 3 aromatic heterocycles. The van der Waals surface area contributed by atoms with Crippen molar-refractivity contribution in [1.82, 2.24) is 30.1 Å². The van der Waals surface area contributed by atoms with Gasteiger partial charge in [-0.2, -0.15) is 9.61 Å². The molecule has 1 aliphatic rings. The van der Waals surface area contributed by atoms with Crippen molar-refractivity contribution in [3.05, 3.63) is 36.5 Å². The van der Waals surface area contributed by atoms with E-state index in [-0.39, 0.29) is 5.91 Å². The molecule has 1 aliphatic carbocycles. The minimum Gasteiger partial charge on any atom is -0.353 e. The van der Waals surface area contributed by atoms with Gasteiger partial charge in [0.15, 0.2) is 5.65 Å². The van der Waals surface area contributed by atoms with Gasteiger partial charge >= 0.3 is 0 Å². The van der Waals surface area contributed by atoms with Crippen molar-refractivity contribution in [3.63, 3.8) is 0 Å². The molecule has 1 amide bonds. The largest absolute Gasteiger partial charge is 0.353 e. The van der Waals surface area contributed by atoms with Gasteiger partial charge in [-0.25, -0.2) is 0 Å². The number of fused-ring (bicyclic) bond motifs is 1. The van der Waals surface area contributed by atoms with Crippen molar-refractivity contribution in [2.75, 3.05) is 5.75 Å². The molecule has 0 spiro atoms. The Kier molecular flexibility index (Phi) is 5.10. The predicted octanol–water partition coefficient (Wildman–Crippen LogP) is 2.73. The molecule has 0 aliphatic heterocycles. The first-order chi connectivity index (χ1) is 12.8. The molecule has 0 saturated heterocycles. The molecule has 8 heteroatoms. The van der Waals surface area contributed by atoms with Gasteiger partial charge in [-0.05, 0) is 37.1 Å². The van der Waals surface area contributed by atoms with Gasteiger partial charge in [0.05, 0.1) is 11.4 Å². The molecule has 3 heterocycles. The molecule has 0 radical (unpaired) electrons. The summed E-state index contributed by atoms with van der Waals surface area (Å²) in [5.41, 5.74) is 2.18. The van der Waals surface area contributed by atoms with Crippen molar-refractivity contribution < 1.29 is 4.79 Å². The summed E-state index contributed by atoms with van der Waals surface area (Å²) in [7, 11) is 0. The Balaban J connectivity index is 1.45. The van der Waals surface area contributed by atoms with Crippen LogP contribution in [0.15, 0.2) is 41.7 Å². The van der Waals surface area contributed by atoms with Crippen LogP contribution >= 0.6 is 11.8 Å². The number of thioether (sulfide) groups is 1. The smallest absolute Gasteiger partial charge is 0.230 e. The van der Waals surface area contributed by atoms with E-state index in [1.54, 1.807) is 10.7 Å². The van der Waals surface area contributed by atoms with Crippen LogP contribution in [0.2, 0.25) is 0 Å². The summed E-state index contributed by atoms with van der Waals surface area (Å²) in [6.45, 7) is 0. The van der Waals surface area contributed by atoms with E-state index in [0.717, 1.165) is 24.2 Å². The van der Waals surface area contributed by atoms with Crippen molar-refractivity contribution in [2.45, 2.75) is 43.3 Å². The van der Waals surface area contributed by atoms with E-state index in [9.17, 15) is 4.79 Å². The molecule has 134 valence electrons. The van der Waals surface area contributed by atoms with Gasteiger partial charge in [-0.15, -0.1) is 10.2 Å². The van der Waals surface area contributed by atoms with E-state index in [2.05, 4.69) is 25.6 Å². The van der Waals surface area contributed by atoms with E-state index in [1.807, 2.05) is 30.3 Å². The lowest BCUT2D eigenvalue weighted by molar-refractivity contribution is -0.119. The highest BCUT2D eigenvalue weighted by Gasteiger charge is 2.17. The third kappa shape index (κ3) is 3.85. The highest BCUT2D eigenvalue weighted by molar-refractivity contribution is 7.99. The molecule has 1 saturated carbocycles. The highest BCUT2D eigenvalue weighted by atomic mass is 32.2. The maximum Gasteiger partial charge on any atom is 0.230 e. The minimum atomic E-state index is 0.0412. The summed E-state index contributed by atoms with van der Waals surface area (Å²) in [5.74, 6) is 0.354. The molecule has 26 heavy (non-hydrogen) atoms. The van der Waals surface area contributed by atoms with Crippen LogP contribution in [0.5, 0.6) is 0 Å². The summed E-state index contributed by atoms with van der Waals surface area (Å²) in [6.07, 6.45) is 7.58. The second-order valence-corrected chi connectivity index (χ2v) is 7.32. The van der Waals surface area contributed by atoms with Crippen LogP contribution in [0.25, 0.3) is 17.0 Å². The summed E-state index contributed by atoms with van der Waals surface area (Å²) in [4.78, 5) is 16.5. The average molecular weight is 368 g/mol. The third-order valence-corrected chi connectivity index (χ3v) is 5.38. The number of pyridine rings is 1. The number of nitrogens with one attached hydrogen (secondary N) is 1. The predicted molar refractivity (Wildman–Crippen MR) is 99.8 cm³/mol. The van der Waals surface area contributed by atoms with Crippen LogP contribution in [0, 0.1) is 0 Å². The molecule has 0 bridgehead atoms. The first-order valence-corrected chi connectivity index (χ1v) is 9.84. The van der Waals surface area contributed by atoms with E-state index < -0.39 is 0 Å². The molecule has 0 atom stereocenters. The normalized spacial score (nSPS) is 15.2. The number of aromatic nitrogens is 5. The van der Waals surface area contributed by atoms with Crippen molar-refractivity contribution in [2.24, 2.45) is 0 Å². The maximum atomic E-state index is 12.2. The Hall–Kier alpha value is -2.48. The van der Waals surface area contributed by atoms with Crippen LogP contribution in [0.3, 0.4) is 0 Å². The Morgan fingerprint density at radius 2 is 2.00 bits per heavy atom. The van der Waals surface area contributed by atoms with Gasteiger partial charge in [0.2, 0.25) is 11.1 Å². The van der Waals surface area contributed by atoms with Crippen LogP contribution in [0.1, 0.15) is 32.1 Å². The van der Waals surface area contributed by atoms with E-state index in [1.165, 1.54) is 31.0 Å². The SMILES string of the molecule is O=C(CSc1nnc2ccc(-c3ccccn3)nn12)NC1CCCCC1. The first kappa shape index (κ1) is 17.0. The maximum absolute atomic E-state index is 12.2. The standard InChI is InChI=1S/C18H20N6OS/c25-17(20-13-6-2-1-3-7-13)12-26-18-22-21-16-10-9-15(23-24(16)18)14-8-4-5-11-19-14/h4-5,8-11,13H,1-3,6-7,12H2,(H,20,25). The van der Waals surface area contributed by atoms with Crippen LogP contribution < -0.4 is 5.32 Å². The summed E-state index contributed by atoms with van der Waals surface area (Å²) in [5, 5.41) is 16.6. The molecular weight excluding hydrogens is 348 g/mol. The molecule has 7 nitrogen and oxygen atoms in total. The van der Waals surface area contributed by atoms with E-state index >= 15 is 0 Å². The van der Waals surface area contributed by atoms with Gasteiger partial charge in [0.1, 0.15) is 5.69 Å². The van der Waals surface area contributed by atoms with Gasteiger partial charge in [0.25, 0.3) is 0 Å². The zero-order valence-electron chi connectivity index (χ0n) is 14.3. The molecule has 0 aromatic carbocycles. The van der Waals surface area contributed by atoms with Gasteiger partial charge in [-0.1, -0.05) is 37.1 Å². The number of nitrogens with zero attached hydrogens (tertiary/aromatic N) is 5. The quantitative estimate of drug-likeness (QED) is 0.697. The van der Waals surface area contributed by atoms with Crippen molar-refractivity contribution in [3.8, 4) is 11.4 Å². The fourth-order valence-electron chi connectivity index (χ4n) is 3.16. The van der Waals surface area contributed by atoms with Crippen LogP contribution in [0.4, 0.5) is 0 Å². The van der Waals surface area contributed by atoms with Gasteiger partial charge < -0.3 is 5.32 Å². The number of hydrogen-bond donors (Lipinski definition) is 1. The number of amides is 1. The lowest BCUT2D eigenvalue weighted by Gasteiger charge is -2.22. The Morgan fingerprint density at radius 1 is 1.12 bits per heavy atom. The van der Waals surface area contributed by atoms with E-state index in [0.29, 0.717) is 22.6 Å². The molecule has 1 fully saturated rings. The number of rotatable bonds is 5. The molecule has 3 aromatic rings. The van der Waals surface area contributed by atoms with Gasteiger partial charge in [0, 0.05) is 12.2 Å². The second-order valence-electron chi connectivity index (χ2n) is 6.38. The average Bonchev–Trinajstić information content (AvgIpc) is 3.10. The summed E-state index contributed by atoms with van der Waals surface area (Å²) < 4.78 is 1.67. The molecule has 4 rings (SSSR count). The lowest BCUT2D eigenvalue weighted by Crippen LogP contribution is -2.37. The number of carbonyl (C=O) groups excluding carboxylic acids is 1. The molecule has 1 N–H and O–H groups in total. The summed E-state index contributed by atoms with van der Waals surface area (Å²) >= 11 is 1.35. The Morgan fingerprint density at radius 3 is 2.81 bits per heavy atom. The van der Waals surface area contributed by atoms with Crippen molar-refractivity contribution >= 4 is 23.3 Å². The van der Waals surface area contributed by atoms with E-state index in [4.69, 9.17) is 0 Å². The Labute approximate surface area is 155 Å². The van der Waals surface area contributed by atoms with Gasteiger partial charge in [-0.3, -0.25) is 9.78 Å². The lowest BCUT2D eigenvalue weighted by atomic mass is 9.95. The molecular formula is C18H20N6OS. The Bertz CT molecular complexity index is 891. The zero-order chi connectivity index (χ0) is 17.8. The first-order valence-electron chi connectivity index (χ1n) is 8.85. The molecule has 0 unspecified atom stereocenters. The monoisotopic (exact) mass is 368 g/mol. The van der Waals surface area contributed by atoms with Crippen LogP contribution in [-0.4, -0.2) is 42.5 Å². The summed E-state index contributed by atoms with van der Waals surface area (Å²) in [6, 6.07) is 9.75. The van der Waals surface area contributed by atoms with Crippen LogP contribution in [-0.2, 0) is 4.79 Å². The van der Waals surface area contributed by atoms with Crippen molar-refractivity contribution in [1.29, 1.82) is 0 Å². The fraction of sp³-hybridized carbons (Fsp3) is 0.389. The zero-order valence-corrected chi connectivity index (χ0v) is 15.2. The highest BCUT2D eigenvalue weighted by Crippen LogP contribution is 2.20. The minimum absolute atomic E-state index is 0.0412. The number of hydrogen-bond acceptors (Lipinski definition) is 6. The number of carbonyl (C=O) groups is 1. The fourth-order valence-corrected chi connectivity index (χ4v) is 3.86.